The lowest BCUT2D eigenvalue weighted by atomic mass is 9.80. The second-order valence-corrected chi connectivity index (χ2v) is 32.7. The van der Waals surface area contributed by atoms with Gasteiger partial charge in [-0.3, -0.25) is 0 Å². The molecule has 0 aliphatic carbocycles. The second-order valence-electron chi connectivity index (χ2n) is 32.7. The van der Waals surface area contributed by atoms with Gasteiger partial charge in [0.05, 0.1) is 55.5 Å². The lowest BCUT2D eigenvalue weighted by molar-refractivity contribution is 0.567. The fourth-order valence-electron chi connectivity index (χ4n) is 16.5. The SMILES string of the molecule is CC(C)(C)c1cc(-n2c3ccccc3c3cccc(N(c4ccccc4)c4ccc5c6c7ccc8c(c7ccc6n(-c6ccccc6)c5c4)c4ccc(N(c5ccccc5)c5cccc6c7ccccc7n(-c7cc(C(C)(C)C)cc(C(C)(C)C)c7)c56)cc4n8-c4ccccc4)c32)cc(C(C)(C)C)c1. The van der Waals surface area contributed by atoms with Crippen molar-refractivity contribution >= 4 is 132 Å². The van der Waals surface area contributed by atoms with Crippen molar-refractivity contribution in [1.29, 1.82) is 0 Å². The van der Waals surface area contributed by atoms with Crippen molar-refractivity contribution in [3.05, 3.63) is 326 Å². The first-order valence-electron chi connectivity index (χ1n) is 36.8. The van der Waals surface area contributed by atoms with Crippen molar-refractivity contribution in [2.24, 2.45) is 0 Å². The van der Waals surface area contributed by atoms with E-state index >= 15 is 0 Å². The first kappa shape index (κ1) is 64.3. The first-order chi connectivity index (χ1) is 50.2. The number of hydrogen-bond acceptors (Lipinski definition) is 2. The van der Waals surface area contributed by atoms with E-state index in [2.05, 4.69) is 414 Å². The quantitative estimate of drug-likeness (QED) is 0.136. The van der Waals surface area contributed by atoms with Crippen molar-refractivity contribution in [3.63, 3.8) is 0 Å². The van der Waals surface area contributed by atoms with Gasteiger partial charge < -0.3 is 28.1 Å². The monoisotopic (exact) mass is 1350 g/mol. The van der Waals surface area contributed by atoms with E-state index in [1.807, 2.05) is 0 Å². The van der Waals surface area contributed by atoms with E-state index in [-0.39, 0.29) is 21.7 Å². The summed E-state index contributed by atoms with van der Waals surface area (Å²) in [6, 6.07) is 114. The van der Waals surface area contributed by atoms with Gasteiger partial charge in [-0.15, -0.1) is 0 Å². The number of nitrogens with zero attached hydrogens (tertiary/aromatic N) is 6. The van der Waals surface area contributed by atoms with Gasteiger partial charge in [-0.1, -0.05) is 253 Å². The highest BCUT2D eigenvalue weighted by molar-refractivity contribution is 6.30. The van der Waals surface area contributed by atoms with Crippen LogP contribution in [0.1, 0.15) is 105 Å². The van der Waals surface area contributed by atoms with Crippen LogP contribution in [0.25, 0.3) is 121 Å². The normalized spacial score (nSPS) is 12.6. The Morgan fingerprint density at radius 3 is 0.875 bits per heavy atom. The fourth-order valence-corrected chi connectivity index (χ4v) is 16.5. The summed E-state index contributed by atoms with van der Waals surface area (Å²) in [5.41, 5.74) is 25.2. The third-order valence-corrected chi connectivity index (χ3v) is 21.8. The van der Waals surface area contributed by atoms with E-state index in [0.29, 0.717) is 0 Å². The molecule has 0 unspecified atom stereocenters. The van der Waals surface area contributed by atoms with Gasteiger partial charge in [0.15, 0.2) is 0 Å². The van der Waals surface area contributed by atoms with E-state index in [9.17, 15) is 0 Å². The van der Waals surface area contributed by atoms with Gasteiger partial charge in [0.1, 0.15) is 0 Å². The molecule has 104 heavy (non-hydrogen) atoms. The molecule has 0 radical (unpaired) electrons. The molecule has 0 atom stereocenters. The van der Waals surface area contributed by atoms with Crippen molar-refractivity contribution in [3.8, 4) is 22.7 Å². The lowest BCUT2D eigenvalue weighted by Gasteiger charge is -2.29. The van der Waals surface area contributed by atoms with Gasteiger partial charge in [-0.05, 0) is 188 Å². The third kappa shape index (κ3) is 10.4. The smallest absolute Gasteiger partial charge is 0.0782 e. The molecular weight excluding hydrogens is 1260 g/mol. The molecule has 0 saturated carbocycles. The molecular formula is C98H86N6. The minimum atomic E-state index is -0.0749. The minimum Gasteiger partial charge on any atom is -0.309 e. The molecule has 6 heteroatoms. The molecule has 0 amide bonds. The molecule has 508 valence electrons. The summed E-state index contributed by atoms with van der Waals surface area (Å²) in [6.45, 7) is 28.0. The highest BCUT2D eigenvalue weighted by Gasteiger charge is 2.30. The van der Waals surface area contributed by atoms with Crippen molar-refractivity contribution in [2.45, 2.75) is 105 Å². The summed E-state index contributed by atoms with van der Waals surface area (Å²) >= 11 is 0. The predicted octanol–water partition coefficient (Wildman–Crippen LogP) is 27.4. The zero-order valence-electron chi connectivity index (χ0n) is 61.6. The average Bonchev–Trinajstić information content (AvgIpc) is 1.54. The molecule has 4 aromatic heterocycles. The first-order valence-corrected chi connectivity index (χ1v) is 36.8. The maximum absolute atomic E-state index is 2.54. The summed E-state index contributed by atoms with van der Waals surface area (Å²) < 4.78 is 10.1. The summed E-state index contributed by atoms with van der Waals surface area (Å²) in [7, 11) is 0. The average molecular weight is 1350 g/mol. The molecule has 0 spiro atoms. The molecule has 0 saturated heterocycles. The molecule has 0 bridgehead atoms. The predicted molar refractivity (Wildman–Crippen MR) is 445 cm³/mol. The minimum absolute atomic E-state index is 0.0749. The van der Waals surface area contributed by atoms with Crippen LogP contribution in [0.5, 0.6) is 0 Å². The fraction of sp³-hybridized carbons (Fsp3) is 0.163. The Bertz CT molecular complexity index is 5970. The standard InChI is InChI=1S/C98H86N6/c1-95(2,3)63-55-64(96(4,5)6)58-73(57-63)103-83-43-27-25-39-75(83)79-41-29-45-87(93(79)103)99(67-31-17-13-18-32-67)71-47-49-81-89(61-71)101(69-35-21-15-22-36-69)85-53-51-78-77(91(81)85)52-54-86-92(78)82-50-48-72(62-90(82)102(86)70-37-23-16-24-38-70)100(68-33-19-14-20-34-68)88-46-30-42-80-76-40-26-28-44-84(76)104(94(80)88)74-59-65(97(7,8)9)56-66(60-74)98(10,11)12/h13-62H,1-12H3. The van der Waals surface area contributed by atoms with Crippen LogP contribution in [0.2, 0.25) is 0 Å². The van der Waals surface area contributed by atoms with E-state index in [4.69, 9.17) is 0 Å². The van der Waals surface area contributed by atoms with Gasteiger partial charge in [0.2, 0.25) is 0 Å². The highest BCUT2D eigenvalue weighted by atomic mass is 15.2. The molecule has 18 rings (SSSR count). The summed E-state index contributed by atoms with van der Waals surface area (Å²) in [5, 5.41) is 12.1. The second kappa shape index (κ2) is 23.9. The van der Waals surface area contributed by atoms with Crippen molar-refractivity contribution in [2.75, 3.05) is 9.80 Å². The van der Waals surface area contributed by atoms with E-state index in [1.54, 1.807) is 0 Å². The van der Waals surface area contributed by atoms with Gasteiger partial charge in [0, 0.05) is 88.6 Å². The van der Waals surface area contributed by atoms with Crippen LogP contribution in [-0.4, -0.2) is 18.3 Å². The molecule has 0 aliphatic heterocycles. The van der Waals surface area contributed by atoms with E-state index in [0.717, 1.165) is 90.0 Å². The summed E-state index contributed by atoms with van der Waals surface area (Å²) in [6.07, 6.45) is 0. The molecule has 4 heterocycles. The topological polar surface area (TPSA) is 26.2 Å². The van der Waals surface area contributed by atoms with Crippen LogP contribution >= 0.6 is 0 Å². The van der Waals surface area contributed by atoms with Crippen LogP contribution in [0.15, 0.2) is 303 Å². The Morgan fingerprint density at radius 2 is 0.519 bits per heavy atom. The molecule has 0 aliphatic rings. The van der Waals surface area contributed by atoms with Crippen molar-refractivity contribution in [1.82, 2.24) is 18.3 Å². The number of benzene rings is 14. The molecule has 0 N–H and O–H groups in total. The largest absolute Gasteiger partial charge is 0.309 e. The van der Waals surface area contributed by atoms with Crippen LogP contribution in [0, 0.1) is 0 Å². The Hall–Kier alpha value is -11.9. The Morgan fingerprint density at radius 1 is 0.202 bits per heavy atom. The zero-order valence-corrected chi connectivity index (χ0v) is 61.6. The maximum Gasteiger partial charge on any atom is 0.0782 e. The Labute approximate surface area is 609 Å². The Balaban J connectivity index is 0.868. The Kier molecular flexibility index (Phi) is 14.7. The van der Waals surface area contributed by atoms with E-state index < -0.39 is 0 Å². The number of para-hydroxylation sites is 8. The molecule has 18 aromatic rings. The third-order valence-electron chi connectivity index (χ3n) is 21.8. The highest BCUT2D eigenvalue weighted by Crippen LogP contribution is 2.51. The number of fused-ring (bicyclic) bond motifs is 15. The van der Waals surface area contributed by atoms with Crippen LogP contribution in [0.4, 0.5) is 34.1 Å². The number of aromatic nitrogens is 4. The molecule has 14 aromatic carbocycles. The number of hydrogen-bond donors (Lipinski definition) is 0. The lowest BCUT2D eigenvalue weighted by Crippen LogP contribution is -2.17. The molecule has 0 fully saturated rings. The van der Waals surface area contributed by atoms with Gasteiger partial charge in [-0.2, -0.15) is 0 Å². The number of rotatable bonds is 10. The van der Waals surface area contributed by atoms with Crippen LogP contribution < -0.4 is 9.80 Å². The van der Waals surface area contributed by atoms with Crippen molar-refractivity contribution < 1.29 is 0 Å². The summed E-state index contributed by atoms with van der Waals surface area (Å²) in [4.78, 5) is 4.98. The van der Waals surface area contributed by atoms with Gasteiger partial charge in [-0.25, -0.2) is 0 Å². The van der Waals surface area contributed by atoms with Gasteiger partial charge >= 0.3 is 0 Å². The number of anilines is 6. The van der Waals surface area contributed by atoms with Crippen LogP contribution in [0.3, 0.4) is 0 Å². The van der Waals surface area contributed by atoms with E-state index in [1.165, 1.54) is 87.1 Å². The summed E-state index contributed by atoms with van der Waals surface area (Å²) in [5.74, 6) is 0. The van der Waals surface area contributed by atoms with Gasteiger partial charge in [0.25, 0.3) is 0 Å². The maximum atomic E-state index is 2.54. The molecule has 6 nitrogen and oxygen atoms in total. The van der Waals surface area contributed by atoms with Crippen LogP contribution in [-0.2, 0) is 21.7 Å². The zero-order chi connectivity index (χ0) is 71.3.